The molecular weight excluding hydrogens is 371 g/mol. The van der Waals surface area contributed by atoms with Crippen molar-refractivity contribution in [2.45, 2.75) is 25.1 Å². The van der Waals surface area contributed by atoms with Gasteiger partial charge in [-0.1, -0.05) is 6.07 Å². The molecule has 0 atom stereocenters. The van der Waals surface area contributed by atoms with Crippen LogP contribution in [-0.4, -0.2) is 34.2 Å². The highest BCUT2D eigenvalue weighted by atomic mass is 19.4. The van der Waals surface area contributed by atoms with E-state index in [-0.39, 0.29) is 23.4 Å². The minimum Gasteiger partial charge on any atom is -0.381 e. The van der Waals surface area contributed by atoms with Gasteiger partial charge in [0.05, 0.1) is 17.3 Å². The fourth-order valence-corrected chi connectivity index (χ4v) is 3.21. The Morgan fingerprint density at radius 1 is 1.21 bits per heavy atom. The third kappa shape index (κ3) is 3.64. The molecule has 1 saturated heterocycles. The highest BCUT2D eigenvalue weighted by Crippen LogP contribution is 2.37. The van der Waals surface area contributed by atoms with Gasteiger partial charge in [0.15, 0.2) is 0 Å². The van der Waals surface area contributed by atoms with Gasteiger partial charge < -0.3 is 15.0 Å². The van der Waals surface area contributed by atoms with Crippen molar-refractivity contribution in [2.24, 2.45) is 0 Å². The summed E-state index contributed by atoms with van der Waals surface area (Å²) in [5.74, 6) is 0.145. The van der Waals surface area contributed by atoms with E-state index in [1.807, 2.05) is 6.07 Å². The number of hydrogen-bond acceptors (Lipinski definition) is 5. The van der Waals surface area contributed by atoms with Gasteiger partial charge in [-0.2, -0.15) is 18.4 Å². The van der Waals surface area contributed by atoms with Crippen molar-refractivity contribution in [1.82, 2.24) is 15.0 Å². The number of aromatic nitrogens is 3. The van der Waals surface area contributed by atoms with Crippen LogP contribution >= 0.6 is 0 Å². The van der Waals surface area contributed by atoms with Gasteiger partial charge in [-0.3, -0.25) is 0 Å². The van der Waals surface area contributed by atoms with E-state index in [4.69, 9.17) is 10.00 Å². The van der Waals surface area contributed by atoms with E-state index in [1.165, 1.54) is 0 Å². The van der Waals surface area contributed by atoms with Crippen LogP contribution in [0.15, 0.2) is 30.5 Å². The molecule has 1 fully saturated rings. The lowest BCUT2D eigenvalue weighted by molar-refractivity contribution is -0.137. The average molecular weight is 387 g/mol. The van der Waals surface area contributed by atoms with Crippen molar-refractivity contribution >= 4 is 16.9 Å². The minimum atomic E-state index is -4.60. The number of nitrogens with one attached hydrogen (secondary N) is 2. The number of rotatable bonds is 3. The Bertz CT molecular complexity index is 1050. The molecule has 0 unspecified atom stereocenters. The molecule has 0 radical (unpaired) electrons. The Hall–Kier alpha value is -3.12. The molecule has 0 spiro atoms. The Morgan fingerprint density at radius 2 is 2.00 bits per heavy atom. The molecular formula is C19H16F3N5O. The number of ether oxygens (including phenoxy) is 1. The number of fused-ring (bicyclic) bond motifs is 1. The molecule has 1 aliphatic heterocycles. The van der Waals surface area contributed by atoms with Crippen molar-refractivity contribution < 1.29 is 17.9 Å². The van der Waals surface area contributed by atoms with Crippen LogP contribution in [0.3, 0.4) is 0 Å². The second-order valence-electron chi connectivity index (χ2n) is 6.58. The number of halogens is 3. The SMILES string of the molecule is N#Cc1ccc2cc(-c3nc(NC4CCOCC4)ncc3C(F)(F)F)[nH]c2c1. The monoisotopic (exact) mass is 387 g/mol. The molecule has 0 amide bonds. The van der Waals surface area contributed by atoms with Crippen molar-refractivity contribution in [1.29, 1.82) is 5.26 Å². The molecule has 6 nitrogen and oxygen atoms in total. The first-order valence-corrected chi connectivity index (χ1v) is 8.76. The molecule has 2 N–H and O–H groups in total. The molecule has 0 aliphatic carbocycles. The van der Waals surface area contributed by atoms with E-state index < -0.39 is 11.7 Å². The molecule has 3 aromatic rings. The summed E-state index contributed by atoms with van der Waals surface area (Å²) < 4.78 is 45.9. The zero-order chi connectivity index (χ0) is 19.7. The van der Waals surface area contributed by atoms with Gasteiger partial charge in [0, 0.05) is 36.4 Å². The molecule has 144 valence electrons. The largest absolute Gasteiger partial charge is 0.420 e. The first-order valence-electron chi connectivity index (χ1n) is 8.76. The number of H-pyrrole nitrogens is 1. The quantitative estimate of drug-likeness (QED) is 0.706. The number of anilines is 1. The van der Waals surface area contributed by atoms with E-state index in [0.29, 0.717) is 29.7 Å². The lowest BCUT2D eigenvalue weighted by Crippen LogP contribution is -2.29. The third-order valence-corrected chi connectivity index (χ3v) is 4.66. The predicted octanol–water partition coefficient (Wildman–Crippen LogP) is 4.11. The van der Waals surface area contributed by atoms with Crippen molar-refractivity contribution in [3.05, 3.63) is 41.6 Å². The maximum absolute atomic E-state index is 13.5. The summed E-state index contributed by atoms with van der Waals surface area (Å²) >= 11 is 0. The number of hydrogen-bond donors (Lipinski definition) is 2. The van der Waals surface area contributed by atoms with Crippen LogP contribution in [0.4, 0.5) is 19.1 Å². The van der Waals surface area contributed by atoms with Gasteiger partial charge in [-0.05, 0) is 31.0 Å². The molecule has 4 rings (SSSR count). The smallest absolute Gasteiger partial charge is 0.381 e. The summed E-state index contributed by atoms with van der Waals surface area (Å²) in [6.45, 7) is 1.18. The Kier molecular flexibility index (Phi) is 4.65. The molecule has 0 bridgehead atoms. The fraction of sp³-hybridized carbons (Fsp3) is 0.316. The summed E-state index contributed by atoms with van der Waals surface area (Å²) in [6.07, 6.45) is -2.32. The van der Waals surface area contributed by atoms with E-state index in [1.54, 1.807) is 24.3 Å². The summed E-state index contributed by atoms with van der Waals surface area (Å²) in [4.78, 5) is 11.0. The fourth-order valence-electron chi connectivity index (χ4n) is 3.21. The van der Waals surface area contributed by atoms with Crippen molar-refractivity contribution in [2.75, 3.05) is 18.5 Å². The molecule has 28 heavy (non-hydrogen) atoms. The minimum absolute atomic E-state index is 0.0548. The van der Waals surface area contributed by atoms with E-state index in [0.717, 1.165) is 19.0 Å². The molecule has 3 heterocycles. The van der Waals surface area contributed by atoms with E-state index in [2.05, 4.69) is 20.3 Å². The molecule has 1 aromatic carbocycles. The lowest BCUT2D eigenvalue weighted by Gasteiger charge is -2.23. The number of aromatic amines is 1. The topological polar surface area (TPSA) is 86.6 Å². The van der Waals surface area contributed by atoms with Gasteiger partial charge in [0.1, 0.15) is 11.3 Å². The predicted molar refractivity (Wildman–Crippen MR) is 96.5 cm³/mol. The van der Waals surface area contributed by atoms with Gasteiger partial charge in [-0.25, -0.2) is 9.97 Å². The van der Waals surface area contributed by atoms with Gasteiger partial charge in [0.25, 0.3) is 0 Å². The lowest BCUT2D eigenvalue weighted by atomic mass is 10.1. The second-order valence-corrected chi connectivity index (χ2v) is 6.58. The standard InChI is InChI=1S/C19H16F3N5O/c20-19(21,22)14-10-24-18(25-13-3-5-28-6-4-13)27-17(14)16-8-12-2-1-11(9-23)7-15(12)26-16/h1-2,7-8,10,13,26H,3-6H2,(H,24,25,27). The van der Waals surface area contributed by atoms with Crippen LogP contribution in [0.1, 0.15) is 24.0 Å². The van der Waals surface area contributed by atoms with Crippen LogP contribution in [0.5, 0.6) is 0 Å². The number of nitrogens with zero attached hydrogens (tertiary/aromatic N) is 3. The van der Waals surface area contributed by atoms with Crippen LogP contribution < -0.4 is 5.32 Å². The summed E-state index contributed by atoms with van der Waals surface area (Å²) in [6, 6.07) is 8.55. The Balaban J connectivity index is 1.76. The van der Waals surface area contributed by atoms with Crippen LogP contribution in [0.25, 0.3) is 22.3 Å². The first-order chi connectivity index (χ1) is 13.4. The third-order valence-electron chi connectivity index (χ3n) is 4.66. The number of nitriles is 1. The van der Waals surface area contributed by atoms with E-state index >= 15 is 0 Å². The van der Waals surface area contributed by atoms with Crippen LogP contribution in [0, 0.1) is 11.3 Å². The number of benzene rings is 1. The van der Waals surface area contributed by atoms with Crippen molar-refractivity contribution in [3.8, 4) is 17.5 Å². The summed E-state index contributed by atoms with van der Waals surface area (Å²) in [7, 11) is 0. The van der Waals surface area contributed by atoms with Crippen LogP contribution in [-0.2, 0) is 10.9 Å². The second kappa shape index (κ2) is 7.13. The Morgan fingerprint density at radius 3 is 2.71 bits per heavy atom. The zero-order valence-electron chi connectivity index (χ0n) is 14.7. The van der Waals surface area contributed by atoms with Crippen LogP contribution in [0.2, 0.25) is 0 Å². The maximum atomic E-state index is 13.5. The van der Waals surface area contributed by atoms with Gasteiger partial charge >= 0.3 is 6.18 Å². The molecule has 0 saturated carbocycles. The summed E-state index contributed by atoms with van der Waals surface area (Å²) in [5.41, 5.74) is 0.0555. The highest BCUT2D eigenvalue weighted by molar-refractivity contribution is 5.86. The molecule has 9 heteroatoms. The average Bonchev–Trinajstić information content (AvgIpc) is 3.11. The normalized spacial score (nSPS) is 15.5. The first kappa shape index (κ1) is 18.3. The highest BCUT2D eigenvalue weighted by Gasteiger charge is 2.36. The van der Waals surface area contributed by atoms with Crippen molar-refractivity contribution in [3.63, 3.8) is 0 Å². The number of alkyl halides is 3. The van der Waals surface area contributed by atoms with Gasteiger partial charge in [0.2, 0.25) is 5.95 Å². The maximum Gasteiger partial charge on any atom is 0.420 e. The molecule has 1 aliphatic rings. The Labute approximate surface area is 158 Å². The summed E-state index contributed by atoms with van der Waals surface area (Å²) in [5, 5.41) is 12.8. The van der Waals surface area contributed by atoms with E-state index in [9.17, 15) is 13.2 Å². The van der Waals surface area contributed by atoms with Gasteiger partial charge in [-0.15, -0.1) is 0 Å². The zero-order valence-corrected chi connectivity index (χ0v) is 14.7. The molecule has 2 aromatic heterocycles.